The maximum absolute atomic E-state index is 12.3. The van der Waals surface area contributed by atoms with Crippen LogP contribution in [0.25, 0.3) is 0 Å². The van der Waals surface area contributed by atoms with Crippen molar-refractivity contribution in [2.24, 2.45) is 0 Å². The lowest BCUT2D eigenvalue weighted by Crippen LogP contribution is -2.35. The van der Waals surface area contributed by atoms with E-state index in [1.807, 2.05) is 6.92 Å². The molecular formula is C19H20Cl2N2O5S. The highest BCUT2D eigenvalue weighted by molar-refractivity contribution is 7.89. The fourth-order valence-corrected chi connectivity index (χ4v) is 3.75. The number of ether oxygens (including phenoxy) is 1. The van der Waals surface area contributed by atoms with E-state index in [1.54, 1.807) is 19.1 Å². The summed E-state index contributed by atoms with van der Waals surface area (Å²) < 4.78 is 31.7. The van der Waals surface area contributed by atoms with Gasteiger partial charge in [0, 0.05) is 5.02 Å². The predicted octanol–water partition coefficient (Wildman–Crippen LogP) is 3.46. The summed E-state index contributed by atoms with van der Waals surface area (Å²) >= 11 is 11.8. The number of halogens is 2. The zero-order valence-electron chi connectivity index (χ0n) is 16.0. The van der Waals surface area contributed by atoms with Crippen LogP contribution in [0.1, 0.15) is 18.1 Å². The van der Waals surface area contributed by atoms with Gasteiger partial charge in [-0.25, -0.2) is 8.42 Å². The summed E-state index contributed by atoms with van der Waals surface area (Å²) in [4.78, 5) is 24.1. The van der Waals surface area contributed by atoms with E-state index in [4.69, 9.17) is 27.9 Å². The van der Waals surface area contributed by atoms with Crippen molar-refractivity contribution in [3.8, 4) is 0 Å². The summed E-state index contributed by atoms with van der Waals surface area (Å²) in [6.45, 7) is 4.39. The normalized spacial score (nSPS) is 12.3. The number of amides is 1. The van der Waals surface area contributed by atoms with Gasteiger partial charge < -0.3 is 10.1 Å². The maximum Gasteiger partial charge on any atom is 0.321 e. The van der Waals surface area contributed by atoms with Crippen molar-refractivity contribution in [2.45, 2.75) is 31.8 Å². The van der Waals surface area contributed by atoms with E-state index in [0.717, 1.165) is 11.1 Å². The number of hydrogen-bond donors (Lipinski definition) is 2. The second-order valence-corrected chi connectivity index (χ2v) is 8.93. The summed E-state index contributed by atoms with van der Waals surface area (Å²) in [5.41, 5.74) is 2.06. The second kappa shape index (κ2) is 9.58. The zero-order chi connectivity index (χ0) is 21.8. The van der Waals surface area contributed by atoms with Gasteiger partial charge in [-0.3, -0.25) is 9.59 Å². The van der Waals surface area contributed by atoms with Crippen LogP contribution in [0, 0.1) is 13.8 Å². The molecular weight excluding hydrogens is 439 g/mol. The Labute approximate surface area is 179 Å². The minimum atomic E-state index is -3.89. The maximum atomic E-state index is 12.3. The lowest BCUT2D eigenvalue weighted by Gasteiger charge is -2.15. The lowest BCUT2D eigenvalue weighted by atomic mass is 10.1. The number of benzene rings is 2. The number of carbonyl (C=O) groups is 2. The number of carbonyl (C=O) groups excluding carboxylic acids is 2. The first-order valence-electron chi connectivity index (χ1n) is 8.52. The summed E-state index contributed by atoms with van der Waals surface area (Å²) in [7, 11) is -3.89. The Hall–Kier alpha value is -2.13. The van der Waals surface area contributed by atoms with Gasteiger partial charge in [0.15, 0.2) is 6.10 Å². The van der Waals surface area contributed by atoms with E-state index in [0.29, 0.717) is 10.7 Å². The Morgan fingerprint density at radius 1 is 1.07 bits per heavy atom. The molecule has 0 saturated carbocycles. The average molecular weight is 459 g/mol. The molecule has 7 nitrogen and oxygen atoms in total. The Bertz CT molecular complexity index is 1040. The number of nitrogens with one attached hydrogen (secondary N) is 2. The SMILES string of the molecule is Cc1ccc(S(=O)(=O)NCC(=O)OC(C)C(=O)Nc2ccc(Cl)cc2Cl)cc1C. The van der Waals surface area contributed by atoms with Crippen LogP contribution < -0.4 is 10.0 Å². The van der Waals surface area contributed by atoms with Crippen molar-refractivity contribution in [3.63, 3.8) is 0 Å². The molecule has 0 radical (unpaired) electrons. The highest BCUT2D eigenvalue weighted by atomic mass is 35.5. The molecule has 0 spiro atoms. The van der Waals surface area contributed by atoms with Gasteiger partial charge in [0.2, 0.25) is 10.0 Å². The Kier molecular flexibility index (Phi) is 7.65. The van der Waals surface area contributed by atoms with Crippen molar-refractivity contribution in [1.29, 1.82) is 0 Å². The third-order valence-corrected chi connectivity index (χ3v) is 6.01. The van der Waals surface area contributed by atoms with Crippen LogP contribution in [0.3, 0.4) is 0 Å². The Morgan fingerprint density at radius 2 is 1.76 bits per heavy atom. The van der Waals surface area contributed by atoms with Crippen molar-refractivity contribution in [1.82, 2.24) is 4.72 Å². The highest BCUT2D eigenvalue weighted by Crippen LogP contribution is 2.25. The number of rotatable bonds is 7. The molecule has 156 valence electrons. The summed E-state index contributed by atoms with van der Waals surface area (Å²) in [6, 6.07) is 9.14. The topological polar surface area (TPSA) is 102 Å². The van der Waals surface area contributed by atoms with Crippen molar-refractivity contribution in [2.75, 3.05) is 11.9 Å². The van der Waals surface area contributed by atoms with E-state index in [-0.39, 0.29) is 9.92 Å². The number of aryl methyl sites for hydroxylation is 2. The smallest absolute Gasteiger partial charge is 0.321 e. The molecule has 2 rings (SSSR count). The molecule has 0 aromatic heterocycles. The largest absolute Gasteiger partial charge is 0.452 e. The Morgan fingerprint density at radius 3 is 2.38 bits per heavy atom. The van der Waals surface area contributed by atoms with Crippen molar-refractivity contribution >= 4 is 50.8 Å². The van der Waals surface area contributed by atoms with Gasteiger partial charge in [-0.05, 0) is 62.2 Å². The zero-order valence-corrected chi connectivity index (χ0v) is 18.3. The first-order valence-corrected chi connectivity index (χ1v) is 10.8. The first kappa shape index (κ1) is 23.2. The summed E-state index contributed by atoms with van der Waals surface area (Å²) in [6.07, 6.45) is -1.17. The lowest BCUT2D eigenvalue weighted by molar-refractivity contribution is -0.151. The van der Waals surface area contributed by atoms with Crippen molar-refractivity contribution in [3.05, 3.63) is 57.6 Å². The molecule has 0 bridgehead atoms. The molecule has 0 heterocycles. The second-order valence-electron chi connectivity index (χ2n) is 6.32. The van der Waals surface area contributed by atoms with Gasteiger partial charge in [0.05, 0.1) is 15.6 Å². The molecule has 1 atom stereocenters. The molecule has 0 aliphatic rings. The molecule has 10 heteroatoms. The quantitative estimate of drug-likeness (QED) is 0.618. The number of hydrogen-bond acceptors (Lipinski definition) is 5. The standard InChI is InChI=1S/C19H20Cl2N2O5S/c1-11-4-6-15(8-12(11)2)29(26,27)22-10-18(24)28-13(3)19(25)23-17-7-5-14(20)9-16(17)21/h4-9,13,22H,10H2,1-3H3,(H,23,25). The molecule has 2 N–H and O–H groups in total. The van der Waals surface area contributed by atoms with E-state index < -0.39 is 34.5 Å². The highest BCUT2D eigenvalue weighted by Gasteiger charge is 2.21. The predicted molar refractivity (Wildman–Crippen MR) is 112 cm³/mol. The Balaban J connectivity index is 1.92. The molecule has 29 heavy (non-hydrogen) atoms. The molecule has 1 amide bonds. The fraction of sp³-hybridized carbons (Fsp3) is 0.263. The molecule has 2 aromatic rings. The molecule has 1 unspecified atom stereocenters. The van der Waals surface area contributed by atoms with Gasteiger partial charge in [-0.2, -0.15) is 4.72 Å². The summed E-state index contributed by atoms with van der Waals surface area (Å²) in [5, 5.41) is 3.14. The van der Waals surface area contributed by atoms with Gasteiger partial charge >= 0.3 is 5.97 Å². The van der Waals surface area contributed by atoms with Gasteiger partial charge in [-0.15, -0.1) is 0 Å². The number of sulfonamides is 1. The molecule has 0 fully saturated rings. The van der Waals surface area contributed by atoms with Crippen LogP contribution in [0.4, 0.5) is 5.69 Å². The first-order chi connectivity index (χ1) is 13.5. The van der Waals surface area contributed by atoms with Crippen LogP contribution in [-0.2, 0) is 24.3 Å². The van der Waals surface area contributed by atoms with Crippen LogP contribution >= 0.6 is 23.2 Å². The van der Waals surface area contributed by atoms with E-state index >= 15 is 0 Å². The van der Waals surface area contributed by atoms with Crippen LogP contribution in [-0.4, -0.2) is 32.9 Å². The minimum Gasteiger partial charge on any atom is -0.452 e. The third-order valence-electron chi connectivity index (χ3n) is 4.06. The molecule has 2 aromatic carbocycles. The van der Waals surface area contributed by atoms with E-state index in [9.17, 15) is 18.0 Å². The van der Waals surface area contributed by atoms with E-state index in [1.165, 1.54) is 31.2 Å². The van der Waals surface area contributed by atoms with Crippen LogP contribution in [0.5, 0.6) is 0 Å². The number of anilines is 1. The molecule has 0 aliphatic heterocycles. The fourth-order valence-electron chi connectivity index (χ4n) is 2.24. The van der Waals surface area contributed by atoms with Crippen LogP contribution in [0.15, 0.2) is 41.3 Å². The van der Waals surface area contributed by atoms with Gasteiger partial charge in [-0.1, -0.05) is 29.3 Å². The molecule has 0 aliphatic carbocycles. The summed E-state index contributed by atoms with van der Waals surface area (Å²) in [5.74, 6) is -1.53. The van der Waals surface area contributed by atoms with Crippen LogP contribution in [0.2, 0.25) is 10.0 Å². The third kappa shape index (κ3) is 6.43. The average Bonchev–Trinajstić information content (AvgIpc) is 2.64. The minimum absolute atomic E-state index is 0.0385. The van der Waals surface area contributed by atoms with Crippen molar-refractivity contribution < 1.29 is 22.7 Å². The van der Waals surface area contributed by atoms with E-state index in [2.05, 4.69) is 10.0 Å². The van der Waals surface area contributed by atoms with Gasteiger partial charge in [0.1, 0.15) is 6.54 Å². The van der Waals surface area contributed by atoms with Gasteiger partial charge in [0.25, 0.3) is 5.91 Å². The molecule has 0 saturated heterocycles. The number of esters is 1. The monoisotopic (exact) mass is 458 g/mol.